The summed E-state index contributed by atoms with van der Waals surface area (Å²) in [6, 6.07) is 13.9. The zero-order valence-corrected chi connectivity index (χ0v) is 17.5. The van der Waals surface area contributed by atoms with Gasteiger partial charge in [0.1, 0.15) is 5.82 Å². The van der Waals surface area contributed by atoms with Gasteiger partial charge in [-0.15, -0.1) is 0 Å². The molecule has 2 N–H and O–H groups in total. The van der Waals surface area contributed by atoms with Crippen LogP contribution in [0.4, 0.5) is 10.1 Å². The number of para-hydroxylation sites is 1. The highest BCUT2D eigenvalue weighted by Crippen LogP contribution is 2.20. The Bertz CT molecular complexity index is 854. The van der Waals surface area contributed by atoms with Crippen molar-refractivity contribution in [1.29, 1.82) is 0 Å². The summed E-state index contributed by atoms with van der Waals surface area (Å²) >= 11 is 5.82. The van der Waals surface area contributed by atoms with E-state index < -0.39 is 11.8 Å². The van der Waals surface area contributed by atoms with E-state index in [9.17, 15) is 14.0 Å². The van der Waals surface area contributed by atoms with Gasteiger partial charge in [0.05, 0.1) is 5.69 Å². The highest BCUT2D eigenvalue weighted by molar-refractivity contribution is 6.35. The zero-order chi connectivity index (χ0) is 21.3. The van der Waals surface area contributed by atoms with Crippen LogP contribution in [-0.2, 0) is 16.1 Å². The Hall–Kier alpha value is -2.64. The number of benzene rings is 2. The average molecular weight is 433 g/mol. The number of nitrogens with one attached hydrogen (secondary N) is 2. The van der Waals surface area contributed by atoms with Crippen LogP contribution in [0.2, 0.25) is 5.02 Å². The normalized spacial score (nSPS) is 14.4. The van der Waals surface area contributed by atoms with E-state index in [0.29, 0.717) is 17.3 Å². The number of rotatable bonds is 7. The molecule has 0 saturated carbocycles. The Morgan fingerprint density at radius 3 is 2.30 bits per heavy atom. The summed E-state index contributed by atoms with van der Waals surface area (Å²) in [5.41, 5.74) is 1.52. The molecule has 0 unspecified atom stereocenters. The Morgan fingerprint density at radius 1 is 0.933 bits per heavy atom. The molecule has 0 atom stereocenters. The zero-order valence-electron chi connectivity index (χ0n) is 16.7. The number of anilines is 1. The third kappa shape index (κ3) is 6.43. The van der Waals surface area contributed by atoms with Crippen LogP contribution in [0.1, 0.15) is 12.0 Å². The van der Waals surface area contributed by atoms with Crippen LogP contribution in [0.25, 0.3) is 0 Å². The molecule has 1 aliphatic heterocycles. The predicted molar refractivity (Wildman–Crippen MR) is 116 cm³/mol. The van der Waals surface area contributed by atoms with E-state index in [1.54, 1.807) is 36.4 Å². The summed E-state index contributed by atoms with van der Waals surface area (Å²) in [6.07, 6.45) is 0.746. The monoisotopic (exact) mass is 432 g/mol. The number of hydrogen-bond acceptors (Lipinski definition) is 4. The number of amides is 2. The summed E-state index contributed by atoms with van der Waals surface area (Å²) in [6.45, 7) is 4.72. The molecule has 0 radical (unpaired) electrons. The Balaban J connectivity index is 1.29. The lowest BCUT2D eigenvalue weighted by molar-refractivity contribution is -0.139. The molecule has 0 spiro atoms. The number of carbonyl (C=O) groups is 2. The smallest absolute Gasteiger partial charge is 0.309 e. The summed E-state index contributed by atoms with van der Waals surface area (Å²) in [5.74, 6) is -1.47. The van der Waals surface area contributed by atoms with E-state index in [4.69, 9.17) is 11.6 Å². The molecule has 3 rings (SSSR count). The van der Waals surface area contributed by atoms with Gasteiger partial charge in [-0.2, -0.15) is 0 Å². The lowest BCUT2D eigenvalue weighted by atomic mass is 10.2. The third-order valence-corrected chi connectivity index (χ3v) is 5.33. The van der Waals surface area contributed by atoms with Crippen LogP contribution in [0, 0.1) is 5.82 Å². The molecule has 0 bridgehead atoms. The summed E-state index contributed by atoms with van der Waals surface area (Å²) in [4.78, 5) is 28.1. The Labute approximate surface area is 181 Å². The van der Waals surface area contributed by atoms with Crippen molar-refractivity contribution in [3.05, 3.63) is 64.9 Å². The number of hydrogen-bond donors (Lipinski definition) is 2. The molecular weight excluding hydrogens is 407 g/mol. The van der Waals surface area contributed by atoms with Gasteiger partial charge in [-0.3, -0.25) is 14.5 Å². The second-order valence-electron chi connectivity index (χ2n) is 7.20. The molecule has 6 nitrogen and oxygen atoms in total. The average Bonchev–Trinajstić information content (AvgIpc) is 2.77. The molecular formula is C22H26ClFN4O2. The van der Waals surface area contributed by atoms with Gasteiger partial charge in [-0.1, -0.05) is 35.9 Å². The number of nitrogens with zero attached hydrogens (tertiary/aromatic N) is 2. The van der Waals surface area contributed by atoms with Crippen LogP contribution in [-0.4, -0.2) is 56.0 Å². The van der Waals surface area contributed by atoms with E-state index in [1.807, 2.05) is 6.07 Å². The molecule has 8 heteroatoms. The van der Waals surface area contributed by atoms with Gasteiger partial charge in [0, 0.05) is 44.3 Å². The first kappa shape index (κ1) is 22.1. The first-order valence-corrected chi connectivity index (χ1v) is 10.4. The summed E-state index contributed by atoms with van der Waals surface area (Å²) in [5, 5.41) is 5.87. The molecule has 2 aromatic rings. The molecule has 0 aromatic heterocycles. The van der Waals surface area contributed by atoms with E-state index >= 15 is 0 Å². The number of piperazine rings is 1. The molecule has 2 aromatic carbocycles. The molecule has 30 heavy (non-hydrogen) atoms. The quantitative estimate of drug-likeness (QED) is 0.521. The van der Waals surface area contributed by atoms with Crippen molar-refractivity contribution in [1.82, 2.24) is 15.5 Å². The van der Waals surface area contributed by atoms with Gasteiger partial charge < -0.3 is 15.5 Å². The van der Waals surface area contributed by atoms with Gasteiger partial charge in [0.25, 0.3) is 0 Å². The highest BCUT2D eigenvalue weighted by atomic mass is 35.5. The van der Waals surface area contributed by atoms with E-state index in [1.165, 1.54) is 6.07 Å². The maximum atomic E-state index is 13.9. The molecule has 1 aliphatic rings. The van der Waals surface area contributed by atoms with Crippen LogP contribution in [0.3, 0.4) is 0 Å². The Morgan fingerprint density at radius 2 is 1.60 bits per heavy atom. The maximum absolute atomic E-state index is 13.9. The van der Waals surface area contributed by atoms with Crippen LogP contribution >= 0.6 is 11.6 Å². The Kier molecular flexibility index (Phi) is 8.04. The molecule has 1 fully saturated rings. The lowest BCUT2D eigenvalue weighted by Crippen LogP contribution is -2.47. The highest BCUT2D eigenvalue weighted by Gasteiger charge is 2.19. The fourth-order valence-electron chi connectivity index (χ4n) is 3.37. The standard InChI is InChI=1S/C22H26ClFN4O2/c23-18-8-6-17(7-9-18)16-26-22(30)21(29)25-10-3-11-27-12-14-28(15-13-27)20-5-2-1-4-19(20)24/h1-2,4-9H,3,10-16H2,(H,25,29)(H,26,30). The minimum absolute atomic E-state index is 0.192. The van der Waals surface area contributed by atoms with Crippen molar-refractivity contribution in [3.63, 3.8) is 0 Å². The van der Waals surface area contributed by atoms with Crippen LogP contribution in [0.15, 0.2) is 48.5 Å². The summed E-state index contributed by atoms with van der Waals surface area (Å²) in [7, 11) is 0. The maximum Gasteiger partial charge on any atom is 0.309 e. The van der Waals surface area contributed by atoms with Crippen molar-refractivity contribution in [3.8, 4) is 0 Å². The van der Waals surface area contributed by atoms with Crippen LogP contribution in [0.5, 0.6) is 0 Å². The largest absolute Gasteiger partial charge is 0.367 e. The van der Waals surface area contributed by atoms with Gasteiger partial charge in [-0.05, 0) is 42.8 Å². The fraction of sp³-hybridized carbons (Fsp3) is 0.364. The second-order valence-corrected chi connectivity index (χ2v) is 7.64. The van der Waals surface area contributed by atoms with Gasteiger partial charge >= 0.3 is 11.8 Å². The lowest BCUT2D eigenvalue weighted by Gasteiger charge is -2.36. The summed E-state index contributed by atoms with van der Waals surface area (Å²) < 4.78 is 13.9. The molecule has 1 heterocycles. The second kappa shape index (κ2) is 10.9. The first-order chi connectivity index (χ1) is 14.5. The first-order valence-electron chi connectivity index (χ1n) is 10.1. The van der Waals surface area contributed by atoms with Gasteiger partial charge in [-0.25, -0.2) is 4.39 Å². The SMILES string of the molecule is O=C(NCCCN1CCN(c2ccccc2F)CC1)C(=O)NCc1ccc(Cl)cc1. The predicted octanol–water partition coefficient (Wildman–Crippen LogP) is 2.42. The fourth-order valence-corrected chi connectivity index (χ4v) is 3.50. The topological polar surface area (TPSA) is 64.7 Å². The van der Waals surface area contributed by atoms with Crippen molar-refractivity contribution in [2.75, 3.05) is 44.2 Å². The minimum atomic E-state index is -0.650. The number of carbonyl (C=O) groups excluding carboxylic acids is 2. The third-order valence-electron chi connectivity index (χ3n) is 5.07. The molecule has 160 valence electrons. The van der Waals surface area contributed by atoms with E-state index in [-0.39, 0.29) is 12.4 Å². The molecule has 1 saturated heterocycles. The van der Waals surface area contributed by atoms with Crippen molar-refractivity contribution in [2.45, 2.75) is 13.0 Å². The molecule has 0 aliphatic carbocycles. The number of halogens is 2. The van der Waals surface area contributed by atoms with Crippen molar-refractivity contribution in [2.24, 2.45) is 0 Å². The van der Waals surface area contributed by atoms with Crippen molar-refractivity contribution >= 4 is 29.1 Å². The van der Waals surface area contributed by atoms with Crippen molar-refractivity contribution < 1.29 is 14.0 Å². The van der Waals surface area contributed by atoms with E-state index in [2.05, 4.69) is 20.4 Å². The molecule has 2 amide bonds. The van der Waals surface area contributed by atoms with Gasteiger partial charge in [0.2, 0.25) is 0 Å². The van der Waals surface area contributed by atoms with Crippen LogP contribution < -0.4 is 15.5 Å². The minimum Gasteiger partial charge on any atom is -0.367 e. The van der Waals surface area contributed by atoms with Gasteiger partial charge in [0.15, 0.2) is 0 Å². The van der Waals surface area contributed by atoms with E-state index in [0.717, 1.165) is 44.7 Å².